The van der Waals surface area contributed by atoms with Crippen molar-refractivity contribution in [2.24, 2.45) is 0 Å². The normalized spacial score (nSPS) is 10.1. The third-order valence-corrected chi connectivity index (χ3v) is 2.14. The van der Waals surface area contributed by atoms with Crippen LogP contribution in [0.4, 0.5) is 0 Å². The fourth-order valence-electron chi connectivity index (χ4n) is 1.35. The van der Waals surface area contributed by atoms with Gasteiger partial charge in [0.2, 0.25) is 0 Å². The first kappa shape index (κ1) is 10.2. The number of esters is 1. The monoisotopic (exact) mass is 218 g/mol. The largest absolute Gasteiger partial charge is 0.506 e. The highest BCUT2D eigenvalue weighted by Crippen LogP contribution is 2.20. The van der Waals surface area contributed by atoms with Crippen molar-refractivity contribution in [3.63, 3.8) is 0 Å². The van der Waals surface area contributed by atoms with Gasteiger partial charge >= 0.3 is 5.97 Å². The van der Waals surface area contributed by atoms with Crippen molar-refractivity contribution in [2.75, 3.05) is 7.11 Å². The number of aromatic nitrogens is 2. The second kappa shape index (κ2) is 4.06. The zero-order valence-electron chi connectivity index (χ0n) is 8.62. The molecule has 1 aromatic heterocycles. The molecule has 1 aromatic carbocycles. The van der Waals surface area contributed by atoms with E-state index in [1.165, 1.54) is 19.6 Å². The van der Waals surface area contributed by atoms with Crippen LogP contribution in [-0.4, -0.2) is 27.7 Å². The Hall–Kier alpha value is -2.30. The summed E-state index contributed by atoms with van der Waals surface area (Å²) >= 11 is 0. The Balaban J connectivity index is 2.39. The van der Waals surface area contributed by atoms with Crippen molar-refractivity contribution in [2.45, 2.75) is 0 Å². The molecule has 0 aliphatic rings. The Kier molecular flexibility index (Phi) is 2.59. The number of carbonyl (C=O) groups is 1. The van der Waals surface area contributed by atoms with E-state index >= 15 is 0 Å². The molecule has 5 heteroatoms. The molecule has 0 aliphatic heterocycles. The Morgan fingerprint density at radius 1 is 1.44 bits per heavy atom. The van der Waals surface area contributed by atoms with Gasteiger partial charge in [-0.1, -0.05) is 12.1 Å². The predicted molar refractivity (Wildman–Crippen MR) is 56.6 cm³/mol. The zero-order chi connectivity index (χ0) is 11.5. The minimum atomic E-state index is -0.505. The molecule has 5 nitrogen and oxygen atoms in total. The number of rotatable bonds is 2. The minimum absolute atomic E-state index is 0.122. The van der Waals surface area contributed by atoms with Crippen LogP contribution >= 0.6 is 0 Å². The number of methoxy groups -OCH3 is 1. The third kappa shape index (κ3) is 1.75. The molecular formula is C11H10N2O3. The second-order valence-corrected chi connectivity index (χ2v) is 3.15. The van der Waals surface area contributed by atoms with Gasteiger partial charge in [-0.25, -0.2) is 9.78 Å². The van der Waals surface area contributed by atoms with Crippen LogP contribution in [0.5, 0.6) is 5.75 Å². The smallest absolute Gasteiger partial charge is 0.358 e. The molecule has 0 spiro atoms. The maximum absolute atomic E-state index is 11.2. The van der Waals surface area contributed by atoms with E-state index in [9.17, 15) is 9.90 Å². The molecule has 82 valence electrons. The highest BCUT2D eigenvalue weighted by molar-refractivity contribution is 5.86. The SMILES string of the molecule is COC(=O)c1cn(-c2ccccc2O)cn1. The number of hydrogen-bond acceptors (Lipinski definition) is 4. The number of ether oxygens (including phenoxy) is 1. The van der Waals surface area contributed by atoms with Crippen LogP contribution in [0.1, 0.15) is 10.5 Å². The van der Waals surface area contributed by atoms with Crippen molar-refractivity contribution >= 4 is 5.97 Å². The van der Waals surface area contributed by atoms with E-state index in [1.807, 2.05) is 0 Å². The number of imidazole rings is 1. The average molecular weight is 218 g/mol. The topological polar surface area (TPSA) is 64.3 Å². The number of phenolic OH excluding ortho intramolecular Hbond substituents is 1. The van der Waals surface area contributed by atoms with Gasteiger partial charge < -0.3 is 14.4 Å². The summed E-state index contributed by atoms with van der Waals surface area (Å²) < 4.78 is 6.10. The first-order valence-corrected chi connectivity index (χ1v) is 4.63. The lowest BCUT2D eigenvalue weighted by Gasteiger charge is -2.03. The molecule has 1 N–H and O–H groups in total. The average Bonchev–Trinajstić information content (AvgIpc) is 2.78. The van der Waals surface area contributed by atoms with E-state index in [0.29, 0.717) is 5.69 Å². The fourth-order valence-corrected chi connectivity index (χ4v) is 1.35. The van der Waals surface area contributed by atoms with Crippen LogP contribution in [0.25, 0.3) is 5.69 Å². The summed E-state index contributed by atoms with van der Waals surface area (Å²) in [6.07, 6.45) is 2.95. The summed E-state index contributed by atoms with van der Waals surface area (Å²) in [6.45, 7) is 0. The molecule has 0 bridgehead atoms. The molecule has 0 saturated heterocycles. The van der Waals surface area contributed by atoms with Crippen molar-refractivity contribution in [1.82, 2.24) is 9.55 Å². The summed E-state index contributed by atoms with van der Waals surface area (Å²) in [6, 6.07) is 6.79. The van der Waals surface area contributed by atoms with Gasteiger partial charge in [-0.15, -0.1) is 0 Å². The van der Waals surface area contributed by atoms with Crippen LogP contribution in [-0.2, 0) is 4.74 Å². The third-order valence-electron chi connectivity index (χ3n) is 2.14. The Labute approximate surface area is 91.9 Å². The summed E-state index contributed by atoms with van der Waals surface area (Å²) in [5, 5.41) is 9.60. The Morgan fingerprint density at radius 3 is 2.88 bits per heavy atom. The van der Waals surface area contributed by atoms with Crippen molar-refractivity contribution in [3.8, 4) is 11.4 Å². The van der Waals surface area contributed by atoms with Gasteiger partial charge in [-0.2, -0.15) is 0 Å². The number of phenols is 1. The molecule has 2 aromatic rings. The number of aromatic hydroxyl groups is 1. The van der Waals surface area contributed by atoms with Crippen molar-refractivity contribution in [1.29, 1.82) is 0 Å². The first-order chi connectivity index (χ1) is 7.72. The molecule has 0 amide bonds. The summed E-state index contributed by atoms with van der Waals surface area (Å²) in [5.74, 6) is -0.384. The molecule has 0 aliphatic carbocycles. The van der Waals surface area contributed by atoms with Crippen LogP contribution in [0.15, 0.2) is 36.8 Å². The van der Waals surface area contributed by atoms with Crippen LogP contribution in [0.3, 0.4) is 0 Å². The van der Waals surface area contributed by atoms with Crippen molar-refractivity contribution < 1.29 is 14.6 Å². The molecule has 2 rings (SSSR count). The molecule has 0 saturated carbocycles. The lowest BCUT2D eigenvalue weighted by atomic mass is 10.3. The quantitative estimate of drug-likeness (QED) is 0.773. The number of para-hydroxylation sites is 2. The van der Waals surface area contributed by atoms with E-state index in [1.54, 1.807) is 28.8 Å². The summed E-state index contributed by atoms with van der Waals surface area (Å²) in [7, 11) is 1.29. The number of carbonyl (C=O) groups excluding carboxylic acids is 1. The van der Waals surface area contributed by atoms with E-state index in [-0.39, 0.29) is 11.4 Å². The van der Waals surface area contributed by atoms with Gasteiger partial charge in [0.1, 0.15) is 12.1 Å². The van der Waals surface area contributed by atoms with E-state index in [2.05, 4.69) is 9.72 Å². The second-order valence-electron chi connectivity index (χ2n) is 3.15. The van der Waals surface area contributed by atoms with Gasteiger partial charge in [0, 0.05) is 6.20 Å². The van der Waals surface area contributed by atoms with Gasteiger partial charge in [0.05, 0.1) is 12.8 Å². The lowest BCUT2D eigenvalue weighted by molar-refractivity contribution is 0.0594. The van der Waals surface area contributed by atoms with Crippen LogP contribution in [0, 0.1) is 0 Å². The zero-order valence-corrected chi connectivity index (χ0v) is 8.62. The van der Waals surface area contributed by atoms with E-state index in [4.69, 9.17) is 0 Å². The van der Waals surface area contributed by atoms with E-state index in [0.717, 1.165) is 0 Å². The van der Waals surface area contributed by atoms with Gasteiger partial charge in [-0.05, 0) is 12.1 Å². The fraction of sp³-hybridized carbons (Fsp3) is 0.0909. The Morgan fingerprint density at radius 2 is 2.19 bits per heavy atom. The molecule has 0 radical (unpaired) electrons. The highest BCUT2D eigenvalue weighted by atomic mass is 16.5. The molecule has 16 heavy (non-hydrogen) atoms. The van der Waals surface area contributed by atoms with Crippen LogP contribution < -0.4 is 0 Å². The molecule has 0 unspecified atom stereocenters. The predicted octanol–water partition coefficient (Wildman–Crippen LogP) is 1.36. The lowest BCUT2D eigenvalue weighted by Crippen LogP contribution is -2.01. The molecule has 0 fully saturated rings. The number of hydrogen-bond donors (Lipinski definition) is 1. The number of nitrogens with zero attached hydrogens (tertiary/aromatic N) is 2. The molecular weight excluding hydrogens is 208 g/mol. The number of benzene rings is 1. The van der Waals surface area contributed by atoms with Gasteiger partial charge in [-0.3, -0.25) is 0 Å². The van der Waals surface area contributed by atoms with Gasteiger partial charge in [0.15, 0.2) is 5.69 Å². The molecule has 0 atom stereocenters. The summed E-state index contributed by atoms with van der Waals surface area (Å²) in [5.41, 5.74) is 0.760. The summed E-state index contributed by atoms with van der Waals surface area (Å²) in [4.78, 5) is 15.1. The maximum atomic E-state index is 11.2. The minimum Gasteiger partial charge on any atom is -0.506 e. The van der Waals surface area contributed by atoms with Crippen LogP contribution in [0.2, 0.25) is 0 Å². The van der Waals surface area contributed by atoms with E-state index < -0.39 is 5.97 Å². The Bertz CT molecular complexity index is 519. The van der Waals surface area contributed by atoms with Gasteiger partial charge in [0.25, 0.3) is 0 Å². The first-order valence-electron chi connectivity index (χ1n) is 4.63. The standard InChI is InChI=1S/C11H10N2O3/c1-16-11(15)8-6-13(7-12-8)9-4-2-3-5-10(9)14/h2-7,14H,1H3. The maximum Gasteiger partial charge on any atom is 0.358 e. The highest BCUT2D eigenvalue weighted by Gasteiger charge is 2.10. The molecule has 1 heterocycles. The van der Waals surface area contributed by atoms with Crippen molar-refractivity contribution in [3.05, 3.63) is 42.5 Å².